The van der Waals surface area contributed by atoms with Gasteiger partial charge in [0.1, 0.15) is 5.82 Å². The Morgan fingerprint density at radius 3 is 2.85 bits per heavy atom. The monoisotopic (exact) mass is 183 g/mol. The summed E-state index contributed by atoms with van der Waals surface area (Å²) in [6.07, 6.45) is -0.0827. The van der Waals surface area contributed by atoms with Gasteiger partial charge in [-0.25, -0.2) is 4.39 Å². The molecule has 0 radical (unpaired) electrons. The summed E-state index contributed by atoms with van der Waals surface area (Å²) in [6.45, 7) is 0.681. The lowest BCUT2D eigenvalue weighted by molar-refractivity contribution is 0.104. The molecule has 0 aliphatic rings. The molecule has 13 heavy (non-hydrogen) atoms. The minimum atomic E-state index is -0.226. The van der Waals surface area contributed by atoms with Crippen molar-refractivity contribution in [1.82, 2.24) is 5.32 Å². The van der Waals surface area contributed by atoms with Gasteiger partial charge in [0.2, 0.25) is 0 Å². The van der Waals surface area contributed by atoms with Crippen molar-refractivity contribution in [3.05, 3.63) is 35.6 Å². The second-order valence-corrected chi connectivity index (χ2v) is 2.84. The van der Waals surface area contributed by atoms with Gasteiger partial charge in [0.15, 0.2) is 0 Å². The van der Waals surface area contributed by atoms with Crippen molar-refractivity contribution >= 4 is 0 Å². The molecule has 0 bridgehead atoms. The molecule has 1 aromatic rings. The summed E-state index contributed by atoms with van der Waals surface area (Å²) >= 11 is 0. The highest BCUT2D eigenvalue weighted by Gasteiger charge is 2.08. The minimum absolute atomic E-state index is 0.0827. The molecule has 1 N–H and O–H groups in total. The van der Waals surface area contributed by atoms with E-state index in [1.165, 1.54) is 12.1 Å². The average Bonchev–Trinajstić information content (AvgIpc) is 2.14. The van der Waals surface area contributed by atoms with Crippen molar-refractivity contribution in [3.63, 3.8) is 0 Å². The van der Waals surface area contributed by atoms with Crippen LogP contribution in [0.3, 0.4) is 0 Å². The smallest absolute Gasteiger partial charge is 0.123 e. The fourth-order valence-corrected chi connectivity index (χ4v) is 1.23. The Hall–Kier alpha value is -0.930. The molecule has 1 rings (SSSR count). The summed E-state index contributed by atoms with van der Waals surface area (Å²) in [5, 5.41) is 2.99. The fraction of sp³-hybridized carbons (Fsp3) is 0.400. The Kier molecular flexibility index (Phi) is 3.86. The Labute approximate surface area is 77.7 Å². The van der Waals surface area contributed by atoms with E-state index in [1.807, 2.05) is 13.1 Å². The molecule has 0 spiro atoms. The van der Waals surface area contributed by atoms with Gasteiger partial charge >= 0.3 is 0 Å². The highest BCUT2D eigenvalue weighted by Crippen LogP contribution is 2.16. The van der Waals surface area contributed by atoms with Crippen LogP contribution in [-0.4, -0.2) is 20.7 Å². The molecule has 0 aliphatic carbocycles. The molecule has 72 valence electrons. The number of methoxy groups -OCH3 is 1. The van der Waals surface area contributed by atoms with Crippen LogP contribution in [0, 0.1) is 5.82 Å². The third kappa shape index (κ3) is 2.79. The van der Waals surface area contributed by atoms with E-state index in [4.69, 9.17) is 4.74 Å². The van der Waals surface area contributed by atoms with Crippen LogP contribution in [0.5, 0.6) is 0 Å². The predicted molar refractivity (Wildman–Crippen MR) is 50.1 cm³/mol. The van der Waals surface area contributed by atoms with Crippen LogP contribution < -0.4 is 5.32 Å². The van der Waals surface area contributed by atoms with Crippen molar-refractivity contribution in [2.45, 2.75) is 6.10 Å². The SMILES string of the molecule is CNC[C@H](OC)c1cccc(F)c1. The van der Waals surface area contributed by atoms with E-state index in [1.54, 1.807) is 13.2 Å². The standard InChI is InChI=1S/C10H14FNO/c1-12-7-10(13-2)8-4-3-5-9(11)6-8/h3-6,10,12H,7H2,1-2H3/t10-/m0/s1. The van der Waals surface area contributed by atoms with Gasteiger partial charge in [0.05, 0.1) is 6.10 Å². The van der Waals surface area contributed by atoms with Crippen molar-refractivity contribution in [3.8, 4) is 0 Å². The number of benzene rings is 1. The molecule has 0 saturated carbocycles. The number of nitrogens with one attached hydrogen (secondary N) is 1. The van der Waals surface area contributed by atoms with Crippen LogP contribution in [-0.2, 0) is 4.74 Å². The number of hydrogen-bond donors (Lipinski definition) is 1. The number of likely N-dealkylation sites (N-methyl/N-ethyl adjacent to an activating group) is 1. The summed E-state index contributed by atoms with van der Waals surface area (Å²) in [6, 6.07) is 6.46. The summed E-state index contributed by atoms with van der Waals surface area (Å²) in [5.41, 5.74) is 0.858. The largest absolute Gasteiger partial charge is 0.375 e. The highest BCUT2D eigenvalue weighted by molar-refractivity contribution is 5.19. The average molecular weight is 183 g/mol. The van der Waals surface area contributed by atoms with E-state index in [-0.39, 0.29) is 11.9 Å². The molecule has 1 atom stereocenters. The topological polar surface area (TPSA) is 21.3 Å². The fourth-order valence-electron chi connectivity index (χ4n) is 1.23. The van der Waals surface area contributed by atoms with Crippen molar-refractivity contribution in [1.29, 1.82) is 0 Å². The maximum Gasteiger partial charge on any atom is 0.123 e. The van der Waals surface area contributed by atoms with E-state index < -0.39 is 0 Å². The van der Waals surface area contributed by atoms with E-state index in [0.717, 1.165) is 5.56 Å². The van der Waals surface area contributed by atoms with Crippen LogP contribution in [0.2, 0.25) is 0 Å². The number of hydrogen-bond acceptors (Lipinski definition) is 2. The zero-order valence-electron chi connectivity index (χ0n) is 7.88. The molecule has 3 heteroatoms. The number of rotatable bonds is 4. The van der Waals surface area contributed by atoms with Gasteiger partial charge in [-0.05, 0) is 24.7 Å². The van der Waals surface area contributed by atoms with Crippen molar-refractivity contribution < 1.29 is 9.13 Å². The van der Waals surface area contributed by atoms with Gasteiger partial charge in [-0.15, -0.1) is 0 Å². The first-order chi connectivity index (χ1) is 6.27. The molecule has 0 aliphatic heterocycles. The third-order valence-electron chi connectivity index (χ3n) is 1.89. The summed E-state index contributed by atoms with van der Waals surface area (Å²) in [5.74, 6) is -0.226. The lowest BCUT2D eigenvalue weighted by Crippen LogP contribution is -2.18. The van der Waals surface area contributed by atoms with E-state index in [2.05, 4.69) is 5.32 Å². The minimum Gasteiger partial charge on any atom is -0.375 e. The zero-order chi connectivity index (χ0) is 9.68. The van der Waals surface area contributed by atoms with Crippen molar-refractivity contribution in [2.24, 2.45) is 0 Å². The number of ether oxygens (including phenoxy) is 1. The van der Waals surface area contributed by atoms with Gasteiger partial charge in [-0.1, -0.05) is 12.1 Å². The molecule has 1 aromatic carbocycles. The molecular formula is C10H14FNO. The van der Waals surface area contributed by atoms with Crippen LogP contribution in [0.15, 0.2) is 24.3 Å². The van der Waals surface area contributed by atoms with Crippen LogP contribution >= 0.6 is 0 Å². The Balaban J connectivity index is 2.78. The molecule has 2 nitrogen and oxygen atoms in total. The Morgan fingerprint density at radius 1 is 1.54 bits per heavy atom. The lowest BCUT2D eigenvalue weighted by atomic mass is 10.1. The van der Waals surface area contributed by atoms with Gasteiger partial charge in [0.25, 0.3) is 0 Å². The summed E-state index contributed by atoms with van der Waals surface area (Å²) in [7, 11) is 3.46. The van der Waals surface area contributed by atoms with Gasteiger partial charge < -0.3 is 10.1 Å². The quantitative estimate of drug-likeness (QED) is 0.767. The number of halogens is 1. The molecule has 0 fully saturated rings. The lowest BCUT2D eigenvalue weighted by Gasteiger charge is -2.14. The molecule has 0 heterocycles. The van der Waals surface area contributed by atoms with E-state index in [9.17, 15) is 4.39 Å². The normalized spacial score (nSPS) is 12.8. The predicted octanol–water partition coefficient (Wildman–Crippen LogP) is 1.73. The molecule has 0 unspecified atom stereocenters. The maximum absolute atomic E-state index is 12.8. The first-order valence-corrected chi connectivity index (χ1v) is 4.20. The van der Waals surface area contributed by atoms with Crippen LogP contribution in [0.4, 0.5) is 4.39 Å². The summed E-state index contributed by atoms with van der Waals surface area (Å²) in [4.78, 5) is 0. The molecule has 0 saturated heterocycles. The Morgan fingerprint density at radius 2 is 2.31 bits per heavy atom. The van der Waals surface area contributed by atoms with E-state index in [0.29, 0.717) is 6.54 Å². The van der Waals surface area contributed by atoms with Crippen LogP contribution in [0.25, 0.3) is 0 Å². The van der Waals surface area contributed by atoms with E-state index >= 15 is 0 Å². The van der Waals surface area contributed by atoms with Crippen LogP contribution in [0.1, 0.15) is 11.7 Å². The first-order valence-electron chi connectivity index (χ1n) is 4.20. The third-order valence-corrected chi connectivity index (χ3v) is 1.89. The molecule has 0 amide bonds. The zero-order valence-corrected chi connectivity index (χ0v) is 7.88. The Bertz CT molecular complexity index is 265. The maximum atomic E-state index is 12.8. The summed E-state index contributed by atoms with van der Waals surface area (Å²) < 4.78 is 18.0. The van der Waals surface area contributed by atoms with Crippen molar-refractivity contribution in [2.75, 3.05) is 20.7 Å². The second-order valence-electron chi connectivity index (χ2n) is 2.84. The second kappa shape index (κ2) is 4.94. The van der Waals surface area contributed by atoms with Gasteiger partial charge in [-0.3, -0.25) is 0 Å². The first kappa shape index (κ1) is 10.2. The van der Waals surface area contributed by atoms with Gasteiger partial charge in [0, 0.05) is 13.7 Å². The highest BCUT2D eigenvalue weighted by atomic mass is 19.1. The molecular weight excluding hydrogens is 169 g/mol. The van der Waals surface area contributed by atoms with Gasteiger partial charge in [-0.2, -0.15) is 0 Å². The molecule has 0 aromatic heterocycles.